The van der Waals surface area contributed by atoms with Gasteiger partial charge in [-0.3, -0.25) is 9.59 Å². The maximum Gasteiger partial charge on any atom is 0.261 e. The van der Waals surface area contributed by atoms with Gasteiger partial charge in [-0.1, -0.05) is 13.8 Å². The molecule has 7 nitrogen and oxygen atoms in total. The molecule has 1 aliphatic heterocycles. The van der Waals surface area contributed by atoms with Crippen molar-refractivity contribution in [2.45, 2.75) is 46.5 Å². The molecule has 2 N–H and O–H groups in total. The van der Waals surface area contributed by atoms with Crippen LogP contribution in [0.3, 0.4) is 0 Å². The number of aryl methyl sites for hydroxylation is 1. The highest BCUT2D eigenvalue weighted by Crippen LogP contribution is 2.33. The van der Waals surface area contributed by atoms with E-state index in [0.717, 1.165) is 60.5 Å². The lowest BCUT2D eigenvalue weighted by molar-refractivity contribution is -0.127. The summed E-state index contributed by atoms with van der Waals surface area (Å²) in [6.45, 7) is 9.28. The first-order valence-electron chi connectivity index (χ1n) is 10.0. The summed E-state index contributed by atoms with van der Waals surface area (Å²) in [5.74, 6) is 1.53. The molecule has 0 aliphatic carbocycles. The molecule has 2 aromatic rings. The average molecular weight is 404 g/mol. The molecule has 152 valence electrons. The van der Waals surface area contributed by atoms with Crippen molar-refractivity contribution >= 4 is 39.2 Å². The first-order chi connectivity index (χ1) is 13.5. The minimum absolute atomic E-state index is 0.0420. The minimum Gasteiger partial charge on any atom is -0.369 e. The van der Waals surface area contributed by atoms with Crippen LogP contribution in [0.2, 0.25) is 0 Å². The lowest BCUT2D eigenvalue weighted by Crippen LogP contribution is -2.27. The molecule has 1 saturated heterocycles. The number of fused-ring (bicyclic) bond motifs is 1. The largest absolute Gasteiger partial charge is 0.369 e. The Balaban J connectivity index is 1.64. The molecule has 0 spiro atoms. The number of hydrogen-bond acceptors (Lipinski definition) is 6. The predicted octanol–water partition coefficient (Wildman–Crippen LogP) is 3.20. The van der Waals surface area contributed by atoms with Crippen LogP contribution in [0.25, 0.3) is 10.2 Å². The Bertz CT molecular complexity index is 848. The van der Waals surface area contributed by atoms with E-state index in [1.807, 2.05) is 11.8 Å². The number of nitrogens with zero attached hydrogens (tertiary/aromatic N) is 3. The van der Waals surface area contributed by atoms with Gasteiger partial charge in [0.25, 0.3) is 5.91 Å². The molecule has 2 aromatic heterocycles. The van der Waals surface area contributed by atoms with Crippen LogP contribution in [-0.4, -0.2) is 52.9 Å². The Morgan fingerprint density at radius 2 is 2.14 bits per heavy atom. The van der Waals surface area contributed by atoms with Crippen molar-refractivity contribution < 1.29 is 9.59 Å². The molecule has 0 bridgehead atoms. The van der Waals surface area contributed by atoms with Crippen molar-refractivity contribution in [2.75, 3.05) is 31.5 Å². The van der Waals surface area contributed by atoms with Gasteiger partial charge in [0.1, 0.15) is 17.0 Å². The van der Waals surface area contributed by atoms with E-state index >= 15 is 0 Å². The minimum atomic E-state index is -0.0420. The van der Waals surface area contributed by atoms with Crippen molar-refractivity contribution in [3.8, 4) is 0 Å². The Labute approximate surface area is 169 Å². The highest BCUT2D eigenvalue weighted by molar-refractivity contribution is 7.20. The van der Waals surface area contributed by atoms with E-state index in [1.54, 1.807) is 0 Å². The van der Waals surface area contributed by atoms with Crippen LogP contribution in [0.4, 0.5) is 5.82 Å². The van der Waals surface area contributed by atoms with Gasteiger partial charge in [0.2, 0.25) is 5.91 Å². The number of rotatable bonds is 9. The van der Waals surface area contributed by atoms with Gasteiger partial charge >= 0.3 is 0 Å². The Hall–Kier alpha value is -2.22. The number of carbonyl (C=O) groups excluding carboxylic acids is 2. The number of thiophene rings is 1. The van der Waals surface area contributed by atoms with Gasteiger partial charge in [0.05, 0.1) is 10.3 Å². The van der Waals surface area contributed by atoms with E-state index in [4.69, 9.17) is 0 Å². The molecule has 28 heavy (non-hydrogen) atoms. The second-order valence-corrected chi connectivity index (χ2v) is 8.66. The van der Waals surface area contributed by atoms with E-state index in [0.29, 0.717) is 23.8 Å². The topological polar surface area (TPSA) is 87.2 Å². The molecule has 3 rings (SSSR count). The van der Waals surface area contributed by atoms with Gasteiger partial charge < -0.3 is 15.5 Å². The summed E-state index contributed by atoms with van der Waals surface area (Å²) in [7, 11) is 0. The number of nitrogens with one attached hydrogen (secondary N) is 2. The molecule has 2 amide bonds. The molecular weight excluding hydrogens is 374 g/mol. The molecule has 8 heteroatoms. The molecule has 0 radical (unpaired) electrons. The lowest BCUT2D eigenvalue weighted by Gasteiger charge is -2.15. The Morgan fingerprint density at radius 1 is 1.32 bits per heavy atom. The van der Waals surface area contributed by atoms with E-state index < -0.39 is 0 Å². The fourth-order valence-electron chi connectivity index (χ4n) is 3.39. The molecule has 0 atom stereocenters. The number of anilines is 1. The molecule has 0 unspecified atom stereocenters. The summed E-state index contributed by atoms with van der Waals surface area (Å²) in [5.41, 5.74) is 0.917. The van der Waals surface area contributed by atoms with E-state index in [-0.39, 0.29) is 11.8 Å². The van der Waals surface area contributed by atoms with Gasteiger partial charge in [-0.15, -0.1) is 11.3 Å². The monoisotopic (exact) mass is 403 g/mol. The third-order valence-electron chi connectivity index (χ3n) is 5.01. The van der Waals surface area contributed by atoms with Crippen LogP contribution in [-0.2, 0) is 4.79 Å². The van der Waals surface area contributed by atoms with E-state index in [1.165, 1.54) is 17.7 Å². The zero-order chi connectivity index (χ0) is 20.1. The van der Waals surface area contributed by atoms with Gasteiger partial charge in [-0.25, -0.2) is 9.97 Å². The standard InChI is InChI=1S/C20H29N5O2S/c1-13(2)7-9-22-19(27)17-14(3)16-18(23-12-24-20(16)28-17)21-8-5-11-25-10-4-6-15(25)26/h12-13H,4-11H2,1-3H3,(H,22,27)(H,21,23,24). The summed E-state index contributed by atoms with van der Waals surface area (Å²) in [6, 6.07) is 0. The highest BCUT2D eigenvalue weighted by Gasteiger charge is 2.20. The number of hydrogen-bond donors (Lipinski definition) is 2. The molecular formula is C20H29N5O2S. The maximum atomic E-state index is 12.6. The van der Waals surface area contributed by atoms with Crippen molar-refractivity contribution in [1.29, 1.82) is 0 Å². The predicted molar refractivity (Wildman–Crippen MR) is 113 cm³/mol. The summed E-state index contributed by atoms with van der Waals surface area (Å²) in [5, 5.41) is 7.28. The quantitative estimate of drug-likeness (QED) is 0.628. The van der Waals surface area contributed by atoms with Gasteiger partial charge in [-0.2, -0.15) is 0 Å². The summed E-state index contributed by atoms with van der Waals surface area (Å²) in [6.07, 6.45) is 5.00. The third kappa shape index (κ3) is 4.79. The molecule has 1 fully saturated rings. The smallest absolute Gasteiger partial charge is 0.261 e. The Kier molecular flexibility index (Phi) is 6.83. The van der Waals surface area contributed by atoms with E-state index in [2.05, 4.69) is 34.4 Å². The van der Waals surface area contributed by atoms with E-state index in [9.17, 15) is 9.59 Å². The number of amides is 2. The van der Waals surface area contributed by atoms with Crippen LogP contribution in [0.5, 0.6) is 0 Å². The third-order valence-corrected chi connectivity index (χ3v) is 6.21. The van der Waals surface area contributed by atoms with Gasteiger partial charge in [0, 0.05) is 32.6 Å². The molecule has 0 aromatic carbocycles. The summed E-state index contributed by atoms with van der Waals surface area (Å²) >= 11 is 1.41. The van der Waals surface area contributed by atoms with Crippen molar-refractivity contribution in [1.82, 2.24) is 20.2 Å². The molecule has 1 aliphatic rings. The zero-order valence-electron chi connectivity index (χ0n) is 16.9. The normalized spacial score (nSPS) is 14.3. The summed E-state index contributed by atoms with van der Waals surface area (Å²) < 4.78 is 0. The second-order valence-electron chi connectivity index (χ2n) is 7.66. The fraction of sp³-hybridized carbons (Fsp3) is 0.600. The zero-order valence-corrected chi connectivity index (χ0v) is 17.7. The van der Waals surface area contributed by atoms with Gasteiger partial charge in [-0.05, 0) is 37.7 Å². The molecule has 3 heterocycles. The maximum absolute atomic E-state index is 12.6. The van der Waals surface area contributed by atoms with Crippen LogP contribution in [0, 0.1) is 12.8 Å². The lowest BCUT2D eigenvalue weighted by atomic mass is 10.1. The van der Waals surface area contributed by atoms with Crippen molar-refractivity contribution in [3.63, 3.8) is 0 Å². The average Bonchev–Trinajstić information content (AvgIpc) is 3.22. The second kappa shape index (κ2) is 9.32. The SMILES string of the molecule is Cc1c(C(=O)NCCC(C)C)sc2ncnc(NCCCN3CCCC3=O)c12. The first-order valence-corrected chi connectivity index (χ1v) is 10.8. The van der Waals surface area contributed by atoms with Crippen molar-refractivity contribution in [3.05, 3.63) is 16.8 Å². The number of likely N-dealkylation sites (tertiary alicyclic amines) is 1. The number of carbonyl (C=O) groups is 2. The van der Waals surface area contributed by atoms with Crippen LogP contribution in [0.1, 0.15) is 54.8 Å². The van der Waals surface area contributed by atoms with Crippen molar-refractivity contribution in [2.24, 2.45) is 5.92 Å². The molecule has 0 saturated carbocycles. The van der Waals surface area contributed by atoms with Crippen LogP contribution < -0.4 is 10.6 Å². The van der Waals surface area contributed by atoms with Gasteiger partial charge in [0.15, 0.2) is 0 Å². The van der Waals surface area contributed by atoms with Crippen LogP contribution in [0.15, 0.2) is 6.33 Å². The Morgan fingerprint density at radius 3 is 2.86 bits per heavy atom. The number of aromatic nitrogens is 2. The van der Waals surface area contributed by atoms with Crippen LogP contribution >= 0.6 is 11.3 Å². The first kappa shape index (κ1) is 20.5. The summed E-state index contributed by atoms with van der Waals surface area (Å²) in [4.78, 5) is 36.4. The fourth-order valence-corrected chi connectivity index (χ4v) is 4.46. The highest BCUT2D eigenvalue weighted by atomic mass is 32.1.